The third-order valence-electron chi connectivity index (χ3n) is 4.05. The molecule has 0 unspecified atom stereocenters. The Labute approximate surface area is 117 Å². The van der Waals surface area contributed by atoms with Gasteiger partial charge >= 0.3 is 0 Å². The van der Waals surface area contributed by atoms with Gasteiger partial charge in [-0.15, -0.1) is 0 Å². The maximum absolute atomic E-state index is 3.85. The summed E-state index contributed by atoms with van der Waals surface area (Å²) in [6.07, 6.45) is 1.89. The summed E-state index contributed by atoms with van der Waals surface area (Å²) < 4.78 is 1.14. The van der Waals surface area contributed by atoms with Gasteiger partial charge < -0.3 is 14.7 Å². The highest BCUT2D eigenvalue weighted by Gasteiger charge is 2.24. The number of anilines is 1. The molecule has 104 valence electrons. The molecule has 0 radical (unpaired) electrons. The van der Waals surface area contributed by atoms with Gasteiger partial charge in [0, 0.05) is 30.9 Å². The fourth-order valence-electron chi connectivity index (χ4n) is 2.74. The minimum atomic E-state index is 0.961. The maximum Gasteiger partial charge on any atom is 0.104 e. The zero-order valence-electron chi connectivity index (χ0n) is 12.2. The molecule has 1 N–H and O–H groups in total. The molecule has 0 aromatic heterocycles. The highest BCUT2D eigenvalue weighted by molar-refractivity contribution is 5.49. The van der Waals surface area contributed by atoms with Crippen molar-refractivity contribution in [2.75, 3.05) is 44.7 Å². The van der Waals surface area contributed by atoms with Crippen LogP contribution in [0.5, 0.6) is 0 Å². The van der Waals surface area contributed by atoms with Gasteiger partial charge in [0.2, 0.25) is 0 Å². The molecule has 1 aliphatic heterocycles. The smallest absolute Gasteiger partial charge is 0.104 e. The number of piperazine rings is 1. The van der Waals surface area contributed by atoms with E-state index in [0.717, 1.165) is 30.7 Å². The SMILES string of the molecule is C=CN(CC)c1ccc(C[N+]2(C)CCNCC2)cc1. The van der Waals surface area contributed by atoms with Crippen molar-refractivity contribution in [3.05, 3.63) is 42.6 Å². The highest BCUT2D eigenvalue weighted by Crippen LogP contribution is 2.18. The number of quaternary nitrogens is 1. The Kier molecular flexibility index (Phi) is 4.61. The Morgan fingerprint density at radius 1 is 1.26 bits per heavy atom. The molecule has 1 aromatic rings. The number of hydrogen-bond donors (Lipinski definition) is 1. The summed E-state index contributed by atoms with van der Waals surface area (Å²) in [6, 6.07) is 8.92. The summed E-state index contributed by atoms with van der Waals surface area (Å²) in [4.78, 5) is 2.16. The Morgan fingerprint density at radius 3 is 2.42 bits per heavy atom. The molecule has 0 atom stereocenters. The van der Waals surface area contributed by atoms with Gasteiger partial charge in [-0.25, -0.2) is 0 Å². The van der Waals surface area contributed by atoms with E-state index in [1.807, 2.05) is 6.20 Å². The number of likely N-dealkylation sites (N-methyl/N-ethyl adjacent to an activating group) is 1. The third kappa shape index (κ3) is 3.58. The zero-order valence-corrected chi connectivity index (χ0v) is 12.2. The second-order valence-corrected chi connectivity index (χ2v) is 5.61. The van der Waals surface area contributed by atoms with Gasteiger partial charge in [-0.1, -0.05) is 18.7 Å². The maximum atomic E-state index is 3.85. The van der Waals surface area contributed by atoms with Crippen LogP contribution in [0.2, 0.25) is 0 Å². The molecule has 2 rings (SSSR count). The van der Waals surface area contributed by atoms with Crippen molar-refractivity contribution >= 4 is 5.69 Å². The van der Waals surface area contributed by atoms with Crippen LogP contribution in [0.4, 0.5) is 5.69 Å². The van der Waals surface area contributed by atoms with Crippen LogP contribution in [0.25, 0.3) is 0 Å². The molecule has 3 heteroatoms. The molecule has 1 aliphatic rings. The lowest BCUT2D eigenvalue weighted by molar-refractivity contribution is -0.924. The van der Waals surface area contributed by atoms with Crippen LogP contribution in [-0.2, 0) is 6.54 Å². The predicted octanol–water partition coefficient (Wildman–Crippen LogP) is 2.21. The lowest BCUT2D eigenvalue weighted by Gasteiger charge is -2.38. The molecule has 1 fully saturated rings. The average Bonchev–Trinajstić information content (AvgIpc) is 2.42. The van der Waals surface area contributed by atoms with Gasteiger partial charge in [0.15, 0.2) is 0 Å². The van der Waals surface area contributed by atoms with Crippen LogP contribution < -0.4 is 10.2 Å². The van der Waals surface area contributed by atoms with Gasteiger partial charge in [-0.3, -0.25) is 0 Å². The molecular formula is C16H26N3+. The fourth-order valence-corrected chi connectivity index (χ4v) is 2.74. The van der Waals surface area contributed by atoms with Crippen molar-refractivity contribution in [2.45, 2.75) is 13.5 Å². The lowest BCUT2D eigenvalue weighted by Crippen LogP contribution is -2.55. The first-order chi connectivity index (χ1) is 9.17. The minimum Gasteiger partial charge on any atom is -0.349 e. The number of nitrogens with one attached hydrogen (secondary N) is 1. The van der Waals surface area contributed by atoms with E-state index in [0.29, 0.717) is 0 Å². The summed E-state index contributed by atoms with van der Waals surface area (Å²) in [7, 11) is 2.36. The molecule has 0 aliphatic carbocycles. The van der Waals surface area contributed by atoms with Crippen molar-refractivity contribution in [3.63, 3.8) is 0 Å². The molecule has 0 saturated carbocycles. The van der Waals surface area contributed by atoms with Crippen LogP contribution in [0, 0.1) is 0 Å². The molecule has 0 amide bonds. The summed E-state index contributed by atoms with van der Waals surface area (Å²) in [5, 5.41) is 3.43. The Morgan fingerprint density at radius 2 is 1.89 bits per heavy atom. The number of rotatable bonds is 5. The largest absolute Gasteiger partial charge is 0.349 e. The van der Waals surface area contributed by atoms with Crippen molar-refractivity contribution < 1.29 is 4.48 Å². The molecule has 19 heavy (non-hydrogen) atoms. The first-order valence-corrected chi connectivity index (χ1v) is 7.19. The van der Waals surface area contributed by atoms with E-state index in [4.69, 9.17) is 0 Å². The van der Waals surface area contributed by atoms with Crippen LogP contribution >= 0.6 is 0 Å². The van der Waals surface area contributed by atoms with Crippen LogP contribution in [0.3, 0.4) is 0 Å². The quantitative estimate of drug-likeness (QED) is 0.817. The first-order valence-electron chi connectivity index (χ1n) is 7.19. The van der Waals surface area contributed by atoms with E-state index in [1.165, 1.54) is 24.3 Å². The molecule has 1 aromatic carbocycles. The van der Waals surface area contributed by atoms with Gasteiger partial charge in [0.25, 0.3) is 0 Å². The summed E-state index contributed by atoms with van der Waals surface area (Å²) >= 11 is 0. The summed E-state index contributed by atoms with van der Waals surface area (Å²) in [5.74, 6) is 0. The molecule has 1 saturated heterocycles. The van der Waals surface area contributed by atoms with Gasteiger partial charge in [0.1, 0.15) is 6.54 Å². The number of hydrogen-bond acceptors (Lipinski definition) is 2. The minimum absolute atomic E-state index is 0.961. The van der Waals surface area contributed by atoms with Crippen molar-refractivity contribution in [3.8, 4) is 0 Å². The third-order valence-corrected chi connectivity index (χ3v) is 4.05. The van der Waals surface area contributed by atoms with Gasteiger partial charge in [-0.2, -0.15) is 0 Å². The topological polar surface area (TPSA) is 15.3 Å². The first kappa shape index (κ1) is 14.1. The fraction of sp³-hybridized carbons (Fsp3) is 0.500. The van der Waals surface area contributed by atoms with Crippen LogP contribution in [0.1, 0.15) is 12.5 Å². The predicted molar refractivity (Wildman–Crippen MR) is 82.2 cm³/mol. The average molecular weight is 260 g/mol. The van der Waals surface area contributed by atoms with E-state index >= 15 is 0 Å². The summed E-state index contributed by atoms with van der Waals surface area (Å²) in [5.41, 5.74) is 2.65. The molecule has 0 bridgehead atoms. The number of nitrogens with zero attached hydrogens (tertiary/aromatic N) is 2. The lowest BCUT2D eigenvalue weighted by atomic mass is 10.1. The van der Waals surface area contributed by atoms with E-state index in [2.05, 4.69) is 55.0 Å². The van der Waals surface area contributed by atoms with E-state index in [1.54, 1.807) is 0 Å². The Bertz CT molecular complexity index is 405. The van der Waals surface area contributed by atoms with Crippen LogP contribution in [-0.4, -0.2) is 44.3 Å². The van der Waals surface area contributed by atoms with Crippen LogP contribution in [0.15, 0.2) is 37.0 Å². The monoisotopic (exact) mass is 260 g/mol. The normalized spacial score (nSPS) is 18.0. The number of benzene rings is 1. The standard InChI is InChI=1S/C16H26N3/c1-4-18(5-2)16-8-6-15(7-9-16)14-19(3)12-10-17-11-13-19/h4,6-9,17H,1,5,10-14H2,2-3H3/q+1. The molecular weight excluding hydrogens is 234 g/mol. The zero-order chi connectivity index (χ0) is 13.7. The van der Waals surface area contributed by atoms with Crippen molar-refractivity contribution in [1.82, 2.24) is 5.32 Å². The Hall–Kier alpha value is -1.32. The second-order valence-electron chi connectivity index (χ2n) is 5.61. The van der Waals surface area contributed by atoms with E-state index in [9.17, 15) is 0 Å². The van der Waals surface area contributed by atoms with E-state index in [-0.39, 0.29) is 0 Å². The molecule has 3 nitrogen and oxygen atoms in total. The summed E-state index contributed by atoms with van der Waals surface area (Å²) in [6.45, 7) is 12.8. The highest BCUT2D eigenvalue weighted by atomic mass is 15.4. The molecule has 0 spiro atoms. The van der Waals surface area contributed by atoms with Gasteiger partial charge in [-0.05, 0) is 25.3 Å². The van der Waals surface area contributed by atoms with Gasteiger partial charge in [0.05, 0.1) is 20.1 Å². The Balaban J connectivity index is 2.04. The van der Waals surface area contributed by atoms with E-state index < -0.39 is 0 Å². The van der Waals surface area contributed by atoms with Crippen molar-refractivity contribution in [1.29, 1.82) is 0 Å². The molecule has 1 heterocycles. The van der Waals surface area contributed by atoms with Crippen molar-refractivity contribution in [2.24, 2.45) is 0 Å². The second kappa shape index (κ2) is 6.22.